The first-order chi connectivity index (χ1) is 12.8. The van der Waals surface area contributed by atoms with Crippen LogP contribution in [0, 0.1) is 6.92 Å². The lowest BCUT2D eigenvalue weighted by Gasteiger charge is -2.18. The summed E-state index contributed by atoms with van der Waals surface area (Å²) in [6.45, 7) is 6.00. The second kappa shape index (κ2) is 9.90. The predicted molar refractivity (Wildman–Crippen MR) is 115 cm³/mol. The van der Waals surface area contributed by atoms with Gasteiger partial charge in [0.05, 0.1) is 17.8 Å². The fourth-order valence-corrected chi connectivity index (χ4v) is 3.63. The smallest absolute Gasteiger partial charge is 0.277 e. The molecule has 0 atom stereocenters. The maximum absolute atomic E-state index is 12.1. The summed E-state index contributed by atoms with van der Waals surface area (Å²) in [4.78, 5) is 12.1. The largest absolute Gasteiger partial charge is 0.497 e. The van der Waals surface area contributed by atoms with Crippen LogP contribution in [-0.4, -0.2) is 25.8 Å². The SMILES string of the molecule is COc1cccc(C=NNC(=O)COc2c(C(C)C)cc(Br)c(C)c2Br)c1. The van der Waals surface area contributed by atoms with Crippen LogP contribution >= 0.6 is 31.9 Å². The highest BCUT2D eigenvalue weighted by atomic mass is 79.9. The number of hydrazone groups is 1. The Balaban J connectivity index is 2.01. The van der Waals surface area contributed by atoms with Crippen molar-refractivity contribution >= 4 is 44.0 Å². The molecule has 0 aromatic heterocycles. The zero-order valence-electron chi connectivity index (χ0n) is 15.7. The van der Waals surface area contributed by atoms with Gasteiger partial charge in [0.15, 0.2) is 6.61 Å². The average Bonchev–Trinajstić information content (AvgIpc) is 2.65. The number of amides is 1. The van der Waals surface area contributed by atoms with E-state index < -0.39 is 0 Å². The second-order valence-corrected chi connectivity index (χ2v) is 7.88. The molecule has 0 unspecified atom stereocenters. The molecule has 0 fully saturated rings. The summed E-state index contributed by atoms with van der Waals surface area (Å²) < 4.78 is 12.8. The van der Waals surface area contributed by atoms with Crippen LogP contribution in [0.15, 0.2) is 44.4 Å². The predicted octanol–water partition coefficient (Wildman–Crippen LogP) is 5.18. The highest BCUT2D eigenvalue weighted by Crippen LogP contribution is 2.40. The first-order valence-corrected chi connectivity index (χ1v) is 9.99. The van der Waals surface area contributed by atoms with E-state index in [2.05, 4.69) is 56.2 Å². The van der Waals surface area contributed by atoms with Gasteiger partial charge in [-0.05, 0) is 63.7 Å². The summed E-state index contributed by atoms with van der Waals surface area (Å²) in [5, 5.41) is 3.96. The number of ether oxygens (including phenoxy) is 2. The average molecular weight is 498 g/mol. The van der Waals surface area contributed by atoms with Crippen molar-refractivity contribution in [1.82, 2.24) is 5.43 Å². The molecule has 2 aromatic carbocycles. The van der Waals surface area contributed by atoms with Crippen LogP contribution in [-0.2, 0) is 4.79 Å². The quantitative estimate of drug-likeness (QED) is 0.423. The Morgan fingerprint density at radius 2 is 2.04 bits per heavy atom. The molecule has 0 aliphatic carbocycles. The van der Waals surface area contributed by atoms with E-state index in [1.165, 1.54) is 0 Å². The van der Waals surface area contributed by atoms with Crippen molar-refractivity contribution in [3.8, 4) is 11.5 Å². The molecule has 7 heteroatoms. The molecule has 144 valence electrons. The van der Waals surface area contributed by atoms with E-state index in [9.17, 15) is 4.79 Å². The maximum atomic E-state index is 12.1. The molecular formula is C20H22Br2N2O3. The van der Waals surface area contributed by atoms with Gasteiger partial charge in [-0.1, -0.05) is 41.9 Å². The maximum Gasteiger partial charge on any atom is 0.277 e. The molecule has 5 nitrogen and oxygen atoms in total. The van der Waals surface area contributed by atoms with Gasteiger partial charge in [0, 0.05) is 4.47 Å². The van der Waals surface area contributed by atoms with Gasteiger partial charge in [0.1, 0.15) is 11.5 Å². The first kappa shape index (κ1) is 21.4. The van der Waals surface area contributed by atoms with E-state index in [0.717, 1.165) is 31.4 Å². The Bertz CT molecular complexity index is 851. The summed E-state index contributed by atoms with van der Waals surface area (Å²) in [6.07, 6.45) is 1.56. The number of hydrogen-bond acceptors (Lipinski definition) is 4. The molecule has 0 bridgehead atoms. The second-order valence-electron chi connectivity index (χ2n) is 6.23. The minimum atomic E-state index is -0.337. The Labute approximate surface area is 176 Å². The van der Waals surface area contributed by atoms with E-state index in [4.69, 9.17) is 9.47 Å². The van der Waals surface area contributed by atoms with Crippen LogP contribution < -0.4 is 14.9 Å². The van der Waals surface area contributed by atoms with Crippen LogP contribution in [0.25, 0.3) is 0 Å². The summed E-state index contributed by atoms with van der Waals surface area (Å²) >= 11 is 7.12. The van der Waals surface area contributed by atoms with Crippen molar-refractivity contribution in [1.29, 1.82) is 0 Å². The number of carbonyl (C=O) groups excluding carboxylic acids is 1. The van der Waals surface area contributed by atoms with Gasteiger partial charge in [0.2, 0.25) is 0 Å². The topological polar surface area (TPSA) is 59.9 Å². The lowest BCUT2D eigenvalue weighted by atomic mass is 10.0. The number of rotatable bonds is 7. The van der Waals surface area contributed by atoms with Gasteiger partial charge in [-0.15, -0.1) is 0 Å². The highest BCUT2D eigenvalue weighted by Gasteiger charge is 2.17. The summed E-state index contributed by atoms with van der Waals surface area (Å²) in [7, 11) is 1.60. The van der Waals surface area contributed by atoms with Crippen LogP contribution in [0.5, 0.6) is 11.5 Å². The van der Waals surface area contributed by atoms with Gasteiger partial charge >= 0.3 is 0 Å². The molecule has 2 aromatic rings. The van der Waals surface area contributed by atoms with E-state index in [-0.39, 0.29) is 18.4 Å². The van der Waals surface area contributed by atoms with Gasteiger partial charge in [-0.25, -0.2) is 5.43 Å². The highest BCUT2D eigenvalue weighted by molar-refractivity contribution is 9.11. The molecule has 1 amide bonds. The molecule has 0 spiro atoms. The molecule has 0 heterocycles. The van der Waals surface area contributed by atoms with Crippen molar-refractivity contribution in [2.75, 3.05) is 13.7 Å². The van der Waals surface area contributed by atoms with Crippen molar-refractivity contribution in [3.05, 3.63) is 56.0 Å². The molecule has 1 N–H and O–H groups in total. The third-order valence-electron chi connectivity index (χ3n) is 3.90. The zero-order chi connectivity index (χ0) is 20.0. The van der Waals surface area contributed by atoms with Gasteiger partial charge in [-0.2, -0.15) is 5.10 Å². The van der Waals surface area contributed by atoms with Crippen molar-refractivity contribution in [3.63, 3.8) is 0 Å². The summed E-state index contributed by atoms with van der Waals surface area (Å²) in [5.41, 5.74) is 5.34. The first-order valence-electron chi connectivity index (χ1n) is 8.40. The Morgan fingerprint density at radius 1 is 1.30 bits per heavy atom. The van der Waals surface area contributed by atoms with E-state index in [0.29, 0.717) is 5.75 Å². The standard InChI is InChI=1S/C20H22Br2N2O3/c1-12(2)16-9-17(21)13(3)19(22)20(16)27-11-18(25)24-23-10-14-6-5-7-15(8-14)26-4/h5-10,12H,11H2,1-4H3,(H,24,25). The Hall–Kier alpha value is -1.86. The minimum absolute atomic E-state index is 0.130. The lowest BCUT2D eigenvalue weighted by Crippen LogP contribution is -2.25. The Kier molecular flexibility index (Phi) is 7.86. The molecule has 0 aliphatic heterocycles. The number of nitrogens with one attached hydrogen (secondary N) is 1. The Morgan fingerprint density at radius 3 is 2.70 bits per heavy atom. The van der Waals surface area contributed by atoms with Crippen molar-refractivity contribution < 1.29 is 14.3 Å². The molecular weight excluding hydrogens is 476 g/mol. The van der Waals surface area contributed by atoms with Gasteiger partial charge < -0.3 is 9.47 Å². The van der Waals surface area contributed by atoms with Crippen LogP contribution in [0.2, 0.25) is 0 Å². The molecule has 2 rings (SSSR count). The zero-order valence-corrected chi connectivity index (χ0v) is 18.8. The fourth-order valence-electron chi connectivity index (χ4n) is 2.36. The summed E-state index contributed by atoms with van der Waals surface area (Å²) in [6, 6.07) is 9.41. The number of halogens is 2. The third kappa shape index (κ3) is 5.81. The number of carbonyl (C=O) groups is 1. The van der Waals surface area contributed by atoms with E-state index in [1.54, 1.807) is 13.3 Å². The van der Waals surface area contributed by atoms with Crippen molar-refractivity contribution in [2.45, 2.75) is 26.7 Å². The lowest BCUT2D eigenvalue weighted by molar-refractivity contribution is -0.123. The normalized spacial score (nSPS) is 11.1. The number of nitrogens with zero attached hydrogens (tertiary/aromatic N) is 1. The third-order valence-corrected chi connectivity index (χ3v) is 5.68. The molecule has 27 heavy (non-hydrogen) atoms. The number of hydrogen-bond donors (Lipinski definition) is 1. The molecule has 0 saturated carbocycles. The molecule has 0 saturated heterocycles. The molecule has 0 aliphatic rings. The monoisotopic (exact) mass is 496 g/mol. The number of benzene rings is 2. The molecule has 0 radical (unpaired) electrons. The van der Waals surface area contributed by atoms with Crippen molar-refractivity contribution in [2.24, 2.45) is 5.10 Å². The summed E-state index contributed by atoms with van der Waals surface area (Å²) in [5.74, 6) is 1.32. The van der Waals surface area contributed by atoms with Gasteiger partial charge in [-0.3, -0.25) is 4.79 Å². The number of methoxy groups -OCH3 is 1. The van der Waals surface area contributed by atoms with E-state index in [1.807, 2.05) is 37.3 Å². The van der Waals surface area contributed by atoms with Crippen LogP contribution in [0.1, 0.15) is 36.5 Å². The fraction of sp³-hybridized carbons (Fsp3) is 0.300. The van der Waals surface area contributed by atoms with Crippen LogP contribution in [0.4, 0.5) is 0 Å². The van der Waals surface area contributed by atoms with E-state index >= 15 is 0 Å². The van der Waals surface area contributed by atoms with Gasteiger partial charge in [0.25, 0.3) is 5.91 Å². The van der Waals surface area contributed by atoms with Crippen LogP contribution in [0.3, 0.4) is 0 Å². The minimum Gasteiger partial charge on any atom is -0.497 e.